The molecule has 72 heavy (non-hydrogen) atoms. The number of carbonyl (C=O) groups excluding carboxylic acids is 3. The van der Waals surface area contributed by atoms with E-state index in [2.05, 4.69) is 20.6 Å². The molecule has 0 radical (unpaired) electrons. The van der Waals surface area contributed by atoms with Crippen molar-refractivity contribution in [1.29, 1.82) is 0 Å². The molecule has 2 aromatic heterocycles. The number of rotatable bonds is 22. The number of hydrogen-bond donors (Lipinski definition) is 4. The number of aryl methyl sites for hydroxylation is 1. The van der Waals surface area contributed by atoms with Gasteiger partial charge in [-0.3, -0.25) is 19.3 Å². The summed E-state index contributed by atoms with van der Waals surface area (Å²) in [5.74, 6) is -2.73. The number of aliphatic hydroxyl groups excluding tert-OH is 1. The van der Waals surface area contributed by atoms with E-state index in [-0.39, 0.29) is 68.6 Å². The molecule has 1 fully saturated rings. The van der Waals surface area contributed by atoms with Gasteiger partial charge in [0.2, 0.25) is 17.7 Å². The Labute approximate surface area is 425 Å². The van der Waals surface area contributed by atoms with Crippen LogP contribution in [-0.2, 0) is 30.3 Å². The molecular formula is C55H71F3N6O7S. The van der Waals surface area contributed by atoms with Crippen LogP contribution in [0.15, 0.2) is 66.2 Å². The average Bonchev–Trinajstić information content (AvgIpc) is 4.04. The number of unbranched alkanes of at least 4 members (excludes halogenated alkanes) is 2. The minimum absolute atomic E-state index is 0.00411. The van der Waals surface area contributed by atoms with Crippen molar-refractivity contribution in [3.05, 3.63) is 106 Å². The van der Waals surface area contributed by atoms with Crippen LogP contribution in [0.5, 0.6) is 5.75 Å². The number of aromatic amines is 1. The molecule has 0 unspecified atom stereocenters. The van der Waals surface area contributed by atoms with E-state index in [9.17, 15) is 19.5 Å². The number of thiazole rings is 1. The van der Waals surface area contributed by atoms with Gasteiger partial charge in [0.25, 0.3) is 0 Å². The van der Waals surface area contributed by atoms with Gasteiger partial charge in [-0.05, 0) is 94.9 Å². The number of nitrogens with zero attached hydrogens (tertiary/aromatic N) is 3. The van der Waals surface area contributed by atoms with Crippen LogP contribution in [-0.4, -0.2) is 119 Å². The first kappa shape index (κ1) is 54.4. The van der Waals surface area contributed by atoms with E-state index >= 15 is 13.2 Å². The van der Waals surface area contributed by atoms with E-state index in [1.807, 2.05) is 100 Å². The zero-order valence-electron chi connectivity index (χ0n) is 42.8. The highest BCUT2D eigenvalue weighted by Crippen LogP contribution is 2.44. The van der Waals surface area contributed by atoms with Gasteiger partial charge in [0, 0.05) is 79.7 Å². The highest BCUT2D eigenvalue weighted by molar-refractivity contribution is 7.13. The van der Waals surface area contributed by atoms with Crippen molar-refractivity contribution in [1.82, 2.24) is 30.4 Å². The Hall–Kier alpha value is -5.33. The van der Waals surface area contributed by atoms with E-state index in [0.717, 1.165) is 51.0 Å². The molecule has 6 atom stereocenters. The van der Waals surface area contributed by atoms with Gasteiger partial charge in [0.15, 0.2) is 0 Å². The number of amides is 3. The summed E-state index contributed by atoms with van der Waals surface area (Å²) in [5.41, 5.74) is 4.77. The van der Waals surface area contributed by atoms with Crippen molar-refractivity contribution >= 4 is 40.0 Å². The second-order valence-electron chi connectivity index (χ2n) is 21.0. The number of β-amino-alcohol motifs (C(OH)–C–C–N with tert-alkyl or cyclic N) is 1. The molecule has 1 saturated heterocycles. The molecular weight excluding hydrogens is 946 g/mol. The summed E-state index contributed by atoms with van der Waals surface area (Å²) in [6.45, 7) is 15.3. The summed E-state index contributed by atoms with van der Waals surface area (Å²) in [6.07, 6.45) is 2.47. The van der Waals surface area contributed by atoms with Gasteiger partial charge in [-0.1, -0.05) is 63.2 Å². The van der Waals surface area contributed by atoms with Crippen molar-refractivity contribution in [2.45, 2.75) is 136 Å². The molecule has 0 spiro atoms. The fraction of sp³-hybridized carbons (Fsp3) is 0.527. The van der Waals surface area contributed by atoms with Crippen LogP contribution in [0, 0.1) is 24.0 Å². The third kappa shape index (κ3) is 13.4. The molecule has 0 saturated carbocycles. The maximum atomic E-state index is 16.0. The Balaban J connectivity index is 0.799. The Morgan fingerprint density at radius 2 is 1.61 bits per heavy atom. The molecule has 13 nitrogen and oxygen atoms in total. The maximum Gasteiger partial charge on any atom is 0.246 e. The molecule has 0 aliphatic carbocycles. The number of alkyl halides is 1. The molecule has 2 aliphatic rings. The van der Waals surface area contributed by atoms with E-state index in [0.29, 0.717) is 38.2 Å². The van der Waals surface area contributed by atoms with E-state index in [1.165, 1.54) is 30.9 Å². The summed E-state index contributed by atoms with van der Waals surface area (Å²) < 4.78 is 64.4. The fourth-order valence-electron chi connectivity index (χ4n) is 9.83. The summed E-state index contributed by atoms with van der Waals surface area (Å²) in [4.78, 5) is 52.8. The molecule has 390 valence electrons. The number of carbonyl (C=O) groups is 3. The minimum Gasteiger partial charge on any atom is -0.493 e. The molecule has 4 N–H and O–H groups in total. The van der Waals surface area contributed by atoms with E-state index < -0.39 is 58.8 Å². The lowest BCUT2D eigenvalue weighted by Crippen LogP contribution is -2.58. The maximum absolute atomic E-state index is 16.0. The Kier molecular flexibility index (Phi) is 17.9. The quantitative estimate of drug-likeness (QED) is 0.0496. The Bertz CT molecular complexity index is 2620. The minimum atomic E-state index is -1.59. The number of H-pyrrole nitrogens is 1. The van der Waals surface area contributed by atoms with Gasteiger partial charge >= 0.3 is 0 Å². The number of halogens is 3. The number of aromatic nitrogens is 2. The standard InChI is InChI=1S/C55H71F3N6O7S/c1-33-25-41-40-15-10-11-16-44(40)61-48(41)49(64(33)31-55(7,8)58)47-42(56)27-39(28-43(47)57)71-24-13-9-12-21-69-22-14-23-70-30-46(66)62-51(54(4,5)6)53(68)63-29-38(65)26-45(63)52(67)60-34(2)36-17-19-37(20-18-36)50-35(3)59-32-72-50/h10-11,15-20,27-28,32-34,38,45,49,51,61,65H,9,12-14,21-26,29-31H2,1-8H3,(H,60,67)(H,62,66)/t33-,34+,38-,45+,49-,51-/m1/s1. The van der Waals surface area contributed by atoms with Crippen LogP contribution in [0.4, 0.5) is 13.2 Å². The van der Waals surface area contributed by atoms with Crippen LogP contribution < -0.4 is 15.4 Å². The van der Waals surface area contributed by atoms with Crippen molar-refractivity contribution in [2.24, 2.45) is 5.41 Å². The van der Waals surface area contributed by atoms with E-state index in [4.69, 9.17) is 14.2 Å². The highest BCUT2D eigenvalue weighted by atomic mass is 32.1. The van der Waals surface area contributed by atoms with Crippen LogP contribution >= 0.6 is 11.3 Å². The first-order valence-electron chi connectivity index (χ1n) is 25.1. The predicted octanol–water partition coefficient (Wildman–Crippen LogP) is 9.30. The Morgan fingerprint density at radius 1 is 0.931 bits per heavy atom. The topological polar surface area (TPSA) is 158 Å². The highest BCUT2D eigenvalue weighted by Gasteiger charge is 2.45. The molecule has 3 aromatic carbocycles. The first-order chi connectivity index (χ1) is 34.2. The molecule has 17 heteroatoms. The lowest BCUT2D eigenvalue weighted by molar-refractivity contribution is -0.144. The van der Waals surface area contributed by atoms with Crippen LogP contribution in [0.25, 0.3) is 21.3 Å². The van der Waals surface area contributed by atoms with Crippen LogP contribution in [0.1, 0.15) is 121 Å². The smallest absolute Gasteiger partial charge is 0.246 e. The van der Waals surface area contributed by atoms with Crippen LogP contribution in [0.2, 0.25) is 0 Å². The second kappa shape index (κ2) is 23.7. The van der Waals surface area contributed by atoms with Gasteiger partial charge in [-0.2, -0.15) is 0 Å². The van der Waals surface area contributed by atoms with Crippen molar-refractivity contribution in [3.63, 3.8) is 0 Å². The third-order valence-corrected chi connectivity index (χ3v) is 14.5. The lowest BCUT2D eigenvalue weighted by atomic mass is 9.85. The summed E-state index contributed by atoms with van der Waals surface area (Å²) in [6, 6.07) is 14.8. The predicted molar refractivity (Wildman–Crippen MR) is 274 cm³/mol. The number of para-hydroxylation sites is 1. The van der Waals surface area contributed by atoms with Crippen molar-refractivity contribution < 1.29 is 46.9 Å². The van der Waals surface area contributed by atoms with Gasteiger partial charge in [-0.15, -0.1) is 11.3 Å². The first-order valence-corrected chi connectivity index (χ1v) is 26.0. The molecule has 3 amide bonds. The average molecular weight is 1020 g/mol. The molecule has 2 aliphatic heterocycles. The van der Waals surface area contributed by atoms with Gasteiger partial charge in [-0.25, -0.2) is 18.2 Å². The van der Waals surface area contributed by atoms with Crippen LogP contribution in [0.3, 0.4) is 0 Å². The van der Waals surface area contributed by atoms with Gasteiger partial charge in [0.05, 0.1) is 40.9 Å². The lowest BCUT2D eigenvalue weighted by Gasteiger charge is -2.43. The SMILES string of the molecule is Cc1ncsc1-c1ccc([C@H](C)NC(=O)[C@@H]2C[C@@H](O)CN2C(=O)[C@@H](NC(=O)COCCCOCCCCCOc2cc(F)c([C@@H]3c4[nH]c5ccccc5c4C[C@@H](C)N3CC(C)(C)F)c(F)c2)C(C)(C)C)cc1. The summed E-state index contributed by atoms with van der Waals surface area (Å²) in [5, 5.41) is 17.5. The number of fused-ring (bicyclic) bond motifs is 3. The number of aliphatic hydroxyl groups is 1. The zero-order chi connectivity index (χ0) is 51.9. The number of hydrogen-bond acceptors (Lipinski definition) is 10. The number of likely N-dealkylation sites (tertiary alicyclic amines) is 1. The largest absolute Gasteiger partial charge is 0.493 e. The Morgan fingerprint density at radius 3 is 2.29 bits per heavy atom. The normalized spacial score (nSPS) is 19.3. The molecule has 4 heterocycles. The van der Waals surface area contributed by atoms with E-state index in [1.54, 1.807) is 11.3 Å². The second-order valence-corrected chi connectivity index (χ2v) is 21.9. The number of nitrogens with one attached hydrogen (secondary N) is 3. The number of ether oxygens (including phenoxy) is 3. The molecule has 5 aromatic rings. The number of benzene rings is 3. The van der Waals surface area contributed by atoms with Gasteiger partial charge in [0.1, 0.15) is 41.7 Å². The monoisotopic (exact) mass is 1020 g/mol. The fourth-order valence-corrected chi connectivity index (χ4v) is 10.6. The zero-order valence-corrected chi connectivity index (χ0v) is 43.6. The summed E-state index contributed by atoms with van der Waals surface area (Å²) >= 11 is 1.57. The van der Waals surface area contributed by atoms with Gasteiger partial charge < -0.3 is 39.8 Å². The van der Waals surface area contributed by atoms with Crippen molar-refractivity contribution in [3.8, 4) is 16.2 Å². The summed E-state index contributed by atoms with van der Waals surface area (Å²) in [7, 11) is 0. The van der Waals surface area contributed by atoms with Crippen molar-refractivity contribution in [2.75, 3.05) is 46.1 Å². The molecule has 7 rings (SSSR count). The molecule has 0 bridgehead atoms. The third-order valence-electron chi connectivity index (χ3n) is 13.5.